The Morgan fingerprint density at radius 3 is 1.00 bits per heavy atom. The Labute approximate surface area is 101 Å². The van der Waals surface area contributed by atoms with Crippen molar-refractivity contribution in [2.24, 2.45) is 0 Å². The van der Waals surface area contributed by atoms with E-state index in [1.165, 1.54) is 0 Å². The van der Waals surface area contributed by atoms with Gasteiger partial charge in [-0.05, 0) is 0 Å². The topological polar surface area (TPSA) is 77.8 Å². The summed E-state index contributed by atoms with van der Waals surface area (Å²) in [5.41, 5.74) is 0. The predicted molar refractivity (Wildman–Crippen MR) is 25.8 cm³/mol. The summed E-state index contributed by atoms with van der Waals surface area (Å²) in [7, 11) is -4.64. The second-order valence-electron chi connectivity index (χ2n) is 0.513. The fourth-order valence-corrected chi connectivity index (χ4v) is 0. The van der Waals surface area contributed by atoms with Crippen LogP contribution in [0.4, 0.5) is 0 Å². The third-order valence-corrected chi connectivity index (χ3v) is 0. The molecule has 3 N–H and O–H groups in total. The van der Waals surface area contributed by atoms with Gasteiger partial charge in [-0.3, -0.25) is 0 Å². The van der Waals surface area contributed by atoms with E-state index in [1.807, 2.05) is 0 Å². The molecule has 0 rings (SSSR count). The van der Waals surface area contributed by atoms with Crippen LogP contribution in [0.25, 0.3) is 0 Å². The molecule has 0 spiro atoms. The van der Waals surface area contributed by atoms with Crippen molar-refractivity contribution in [1.82, 2.24) is 0 Å². The molecule has 0 aromatic heterocycles. The van der Waals surface area contributed by atoms with Gasteiger partial charge in [0.1, 0.15) is 0 Å². The maximum absolute atomic E-state index is 8.88. The Morgan fingerprint density at radius 1 is 1.00 bits per heavy atom. The fraction of sp³-hybridized carbons (Fsp3) is 0. The normalized spacial score (nSPS) is 8.43. The molecule has 0 aliphatic heterocycles. The van der Waals surface area contributed by atoms with Gasteiger partial charge in [-0.1, -0.05) is 0 Å². The minimum Gasteiger partial charge on any atom is -0.303 e. The summed E-state index contributed by atoms with van der Waals surface area (Å²) in [6.45, 7) is 0. The van der Waals surface area contributed by atoms with Crippen LogP contribution in [0.5, 0.6) is 0 Å². The maximum atomic E-state index is 8.88. The molecule has 0 atom stereocenters. The molecule has 4 nitrogen and oxygen atoms in total. The Morgan fingerprint density at radius 2 is 1.00 bits per heavy atom. The molecule has 7 heavy (non-hydrogen) atoms. The molecule has 0 aromatic carbocycles. The summed E-state index contributed by atoms with van der Waals surface area (Å²) in [4.78, 5) is 21.6. The van der Waals surface area contributed by atoms with Crippen molar-refractivity contribution in [3.8, 4) is 0 Å². The molecule has 7 heteroatoms. The van der Waals surface area contributed by atoms with Gasteiger partial charge >= 0.3 is 7.82 Å². The summed E-state index contributed by atoms with van der Waals surface area (Å²) in [5.74, 6) is 0. The van der Waals surface area contributed by atoms with Gasteiger partial charge in [-0.2, -0.15) is 0 Å². The van der Waals surface area contributed by atoms with Gasteiger partial charge in [0.05, 0.1) is 0 Å². The SMILES string of the molecule is O=P(O)(O)O.[Ca].[Ca]. The van der Waals surface area contributed by atoms with E-state index in [0.717, 1.165) is 0 Å². The van der Waals surface area contributed by atoms with Gasteiger partial charge in [0.2, 0.25) is 0 Å². The molecule has 0 aliphatic rings. The molecular weight excluding hydrogens is 175 g/mol. The number of rotatable bonds is 0. The Kier molecular flexibility index (Phi) is 15.7. The van der Waals surface area contributed by atoms with Gasteiger partial charge in [-0.25, -0.2) is 4.57 Å². The van der Waals surface area contributed by atoms with Crippen molar-refractivity contribution in [2.45, 2.75) is 0 Å². The standard InChI is InChI=1S/2Ca.H3O4P/c;;1-5(2,3)4/h;;(H3,1,2,3,4). The van der Waals surface area contributed by atoms with Crippen molar-refractivity contribution in [3.05, 3.63) is 0 Å². The van der Waals surface area contributed by atoms with Gasteiger partial charge in [-0.15, -0.1) is 0 Å². The molecule has 0 saturated heterocycles. The third kappa shape index (κ3) is 54.9. The molecule has 0 saturated carbocycles. The minimum atomic E-state index is -4.64. The smallest absolute Gasteiger partial charge is 0.303 e. The summed E-state index contributed by atoms with van der Waals surface area (Å²) < 4.78 is 8.88. The van der Waals surface area contributed by atoms with Gasteiger partial charge in [0.25, 0.3) is 0 Å². The molecular formula is H3Ca2O4P. The maximum Gasteiger partial charge on any atom is 0.466 e. The summed E-state index contributed by atoms with van der Waals surface area (Å²) in [6, 6.07) is 0. The van der Waals surface area contributed by atoms with E-state index < -0.39 is 7.82 Å². The van der Waals surface area contributed by atoms with E-state index in [-0.39, 0.29) is 75.5 Å². The van der Waals surface area contributed by atoms with Crippen LogP contribution in [0.3, 0.4) is 0 Å². The van der Waals surface area contributed by atoms with Crippen LogP contribution in [0.2, 0.25) is 0 Å². The number of hydrogen-bond donors (Lipinski definition) is 3. The molecule has 0 fully saturated rings. The van der Waals surface area contributed by atoms with E-state index in [1.54, 1.807) is 0 Å². The molecule has 0 heterocycles. The Balaban J connectivity index is -0.0000000800. The van der Waals surface area contributed by atoms with E-state index in [0.29, 0.717) is 0 Å². The van der Waals surface area contributed by atoms with Crippen molar-refractivity contribution in [1.29, 1.82) is 0 Å². The van der Waals surface area contributed by atoms with Crippen molar-refractivity contribution < 1.29 is 19.2 Å². The fourth-order valence-electron chi connectivity index (χ4n) is 0. The number of phosphoric acid groups is 1. The van der Waals surface area contributed by atoms with Crippen LogP contribution in [0.1, 0.15) is 0 Å². The summed E-state index contributed by atoms with van der Waals surface area (Å²) in [6.07, 6.45) is 0. The first kappa shape index (κ1) is 16.3. The van der Waals surface area contributed by atoms with Gasteiger partial charge < -0.3 is 14.7 Å². The third-order valence-electron chi connectivity index (χ3n) is 0. The zero-order valence-corrected chi connectivity index (χ0v) is 8.92. The largest absolute Gasteiger partial charge is 0.466 e. The molecule has 0 unspecified atom stereocenters. The molecule has 4 radical (unpaired) electrons. The summed E-state index contributed by atoms with van der Waals surface area (Å²) in [5, 5.41) is 0. The zero-order valence-electron chi connectivity index (χ0n) is 3.61. The van der Waals surface area contributed by atoms with E-state index in [4.69, 9.17) is 19.2 Å². The van der Waals surface area contributed by atoms with Crippen molar-refractivity contribution >= 4 is 83.3 Å². The second kappa shape index (κ2) is 6.75. The predicted octanol–water partition coefficient (Wildman–Crippen LogP) is -1.69. The van der Waals surface area contributed by atoms with Crippen LogP contribution in [-0.4, -0.2) is 90.2 Å². The molecule has 0 amide bonds. The first-order valence-corrected chi connectivity index (χ1v) is 2.35. The van der Waals surface area contributed by atoms with Crippen LogP contribution < -0.4 is 0 Å². The van der Waals surface area contributed by atoms with Crippen LogP contribution >= 0.6 is 7.82 Å². The van der Waals surface area contributed by atoms with Crippen LogP contribution in [0.15, 0.2) is 0 Å². The van der Waals surface area contributed by atoms with Crippen molar-refractivity contribution in [3.63, 3.8) is 0 Å². The zero-order chi connectivity index (χ0) is 4.50. The second-order valence-corrected chi connectivity index (χ2v) is 1.54. The van der Waals surface area contributed by atoms with E-state index in [9.17, 15) is 0 Å². The Bertz CT molecular complexity index is 55.8. The monoisotopic (exact) mass is 178 g/mol. The van der Waals surface area contributed by atoms with Crippen LogP contribution in [-0.2, 0) is 4.57 Å². The average Bonchev–Trinajstić information content (AvgIpc) is 0.722. The van der Waals surface area contributed by atoms with E-state index >= 15 is 0 Å². The van der Waals surface area contributed by atoms with Crippen molar-refractivity contribution in [2.75, 3.05) is 0 Å². The first-order valence-electron chi connectivity index (χ1n) is 0.783. The molecule has 0 bridgehead atoms. The summed E-state index contributed by atoms with van der Waals surface area (Å²) >= 11 is 0. The Hall–Kier alpha value is 2.63. The number of hydrogen-bond acceptors (Lipinski definition) is 1. The van der Waals surface area contributed by atoms with Gasteiger partial charge in [0, 0.05) is 75.5 Å². The molecule has 36 valence electrons. The molecule has 0 aromatic rings. The molecule has 0 aliphatic carbocycles. The van der Waals surface area contributed by atoms with Crippen LogP contribution in [0, 0.1) is 0 Å². The van der Waals surface area contributed by atoms with Gasteiger partial charge in [0.15, 0.2) is 0 Å². The quantitative estimate of drug-likeness (QED) is 0.305. The first-order chi connectivity index (χ1) is 2.00. The van der Waals surface area contributed by atoms with E-state index in [2.05, 4.69) is 0 Å². The average molecular weight is 178 g/mol. The minimum absolute atomic E-state index is 0.